The van der Waals surface area contributed by atoms with E-state index in [1.807, 2.05) is 0 Å². The molecule has 0 fully saturated rings. The third-order valence-electron chi connectivity index (χ3n) is 1.63. The minimum atomic E-state index is -3.52. The number of nitrogens with two attached hydrogens (primary N) is 1. The zero-order chi connectivity index (χ0) is 10.8. The Kier molecular flexibility index (Phi) is 3.06. The van der Waals surface area contributed by atoms with Gasteiger partial charge >= 0.3 is 6.01 Å². The molecular formula is C6H12N4O3S. The second kappa shape index (κ2) is 3.93. The quantitative estimate of drug-likeness (QED) is 0.705. The maximum absolute atomic E-state index is 10.8. The van der Waals surface area contributed by atoms with Gasteiger partial charge in [0.05, 0.1) is 5.25 Å². The minimum Gasteiger partial charge on any atom is -0.408 e. The van der Waals surface area contributed by atoms with E-state index in [4.69, 9.17) is 9.56 Å². The van der Waals surface area contributed by atoms with Crippen molar-refractivity contribution in [3.8, 4) is 0 Å². The topological polar surface area (TPSA) is 111 Å². The Labute approximate surface area is 81.7 Å². The van der Waals surface area contributed by atoms with Crippen molar-refractivity contribution < 1.29 is 12.8 Å². The standard InChI is InChI=1S/C6H12N4O3S/c1-4(14(7,11)12)3-8-6-10-9-5(2)13-6/h4H,3H2,1-2H3,(H,8,10)(H2,7,11,12). The van der Waals surface area contributed by atoms with Gasteiger partial charge in [0.2, 0.25) is 15.9 Å². The number of anilines is 1. The molecule has 0 saturated carbocycles. The molecule has 14 heavy (non-hydrogen) atoms. The molecule has 0 aliphatic rings. The second-order valence-corrected chi connectivity index (χ2v) is 4.89. The van der Waals surface area contributed by atoms with Crippen molar-refractivity contribution in [3.63, 3.8) is 0 Å². The van der Waals surface area contributed by atoms with Crippen molar-refractivity contribution in [2.24, 2.45) is 5.14 Å². The molecule has 1 atom stereocenters. The Hall–Kier alpha value is -1.15. The summed E-state index contributed by atoms with van der Waals surface area (Å²) in [5, 5.41) is 14.1. The number of nitrogens with zero attached hydrogens (tertiary/aromatic N) is 2. The van der Waals surface area contributed by atoms with Gasteiger partial charge < -0.3 is 9.73 Å². The van der Waals surface area contributed by atoms with E-state index in [-0.39, 0.29) is 12.6 Å². The van der Waals surface area contributed by atoms with Crippen LogP contribution in [0.15, 0.2) is 4.42 Å². The second-order valence-electron chi connectivity index (χ2n) is 2.91. The molecule has 1 aromatic heterocycles. The molecule has 0 radical (unpaired) electrons. The minimum absolute atomic E-state index is 0.139. The van der Waals surface area contributed by atoms with Gasteiger partial charge in [0.1, 0.15) is 0 Å². The van der Waals surface area contributed by atoms with Crippen LogP contribution in [0.25, 0.3) is 0 Å². The monoisotopic (exact) mass is 220 g/mol. The van der Waals surface area contributed by atoms with Crippen LogP contribution in [0.1, 0.15) is 12.8 Å². The number of hydrogen-bond donors (Lipinski definition) is 2. The van der Waals surface area contributed by atoms with E-state index in [9.17, 15) is 8.42 Å². The summed E-state index contributed by atoms with van der Waals surface area (Å²) in [5.74, 6) is 0.413. The number of primary sulfonamides is 1. The Balaban J connectivity index is 2.50. The maximum Gasteiger partial charge on any atom is 0.315 e. The molecule has 1 heterocycles. The molecule has 0 bridgehead atoms. The van der Waals surface area contributed by atoms with Crippen molar-refractivity contribution in [2.45, 2.75) is 19.1 Å². The van der Waals surface area contributed by atoms with Gasteiger partial charge in [0.15, 0.2) is 0 Å². The molecule has 0 saturated heterocycles. The highest BCUT2D eigenvalue weighted by molar-refractivity contribution is 7.89. The molecular weight excluding hydrogens is 208 g/mol. The maximum atomic E-state index is 10.8. The fraction of sp³-hybridized carbons (Fsp3) is 0.667. The zero-order valence-electron chi connectivity index (χ0n) is 7.89. The van der Waals surface area contributed by atoms with Gasteiger partial charge in [-0.1, -0.05) is 5.10 Å². The van der Waals surface area contributed by atoms with Gasteiger partial charge in [-0.05, 0) is 6.92 Å². The third kappa shape index (κ3) is 2.96. The number of sulfonamides is 1. The first kappa shape index (κ1) is 10.9. The van der Waals surface area contributed by atoms with Gasteiger partial charge in [-0.15, -0.1) is 5.10 Å². The number of aromatic nitrogens is 2. The predicted molar refractivity (Wildman–Crippen MR) is 50.1 cm³/mol. The van der Waals surface area contributed by atoms with Crippen LogP contribution in [0.2, 0.25) is 0 Å². The highest BCUT2D eigenvalue weighted by Crippen LogP contribution is 2.04. The molecule has 0 amide bonds. The highest BCUT2D eigenvalue weighted by Gasteiger charge is 2.15. The van der Waals surface area contributed by atoms with Crippen molar-refractivity contribution in [1.29, 1.82) is 0 Å². The molecule has 1 unspecified atom stereocenters. The van der Waals surface area contributed by atoms with Gasteiger partial charge in [-0.2, -0.15) is 0 Å². The van der Waals surface area contributed by atoms with E-state index < -0.39 is 15.3 Å². The summed E-state index contributed by atoms with van der Waals surface area (Å²) >= 11 is 0. The lowest BCUT2D eigenvalue weighted by Crippen LogP contribution is -2.31. The van der Waals surface area contributed by atoms with Crippen LogP contribution >= 0.6 is 0 Å². The van der Waals surface area contributed by atoms with Crippen LogP contribution in [0.4, 0.5) is 6.01 Å². The average Bonchev–Trinajstić information content (AvgIpc) is 2.45. The van der Waals surface area contributed by atoms with Crippen LogP contribution in [-0.2, 0) is 10.0 Å². The lowest BCUT2D eigenvalue weighted by molar-refractivity contribution is 0.530. The SMILES string of the molecule is Cc1nnc(NCC(C)S(N)(=O)=O)o1. The van der Waals surface area contributed by atoms with Crippen molar-refractivity contribution in [1.82, 2.24) is 10.2 Å². The van der Waals surface area contributed by atoms with Crippen LogP contribution in [0, 0.1) is 6.92 Å². The lowest BCUT2D eigenvalue weighted by atomic mass is 10.5. The van der Waals surface area contributed by atoms with Gasteiger partial charge in [0.25, 0.3) is 0 Å². The molecule has 1 rings (SSSR count). The van der Waals surface area contributed by atoms with Crippen LogP contribution in [0.3, 0.4) is 0 Å². The highest BCUT2D eigenvalue weighted by atomic mass is 32.2. The summed E-state index contributed by atoms with van der Waals surface area (Å²) in [5.41, 5.74) is 0. The summed E-state index contributed by atoms with van der Waals surface area (Å²) in [6.45, 7) is 3.27. The van der Waals surface area contributed by atoms with E-state index in [2.05, 4.69) is 15.5 Å². The van der Waals surface area contributed by atoms with E-state index in [0.717, 1.165) is 0 Å². The molecule has 80 valence electrons. The number of nitrogens with one attached hydrogen (secondary N) is 1. The number of rotatable bonds is 4. The smallest absolute Gasteiger partial charge is 0.315 e. The summed E-state index contributed by atoms with van der Waals surface area (Å²) in [6, 6.07) is 0.193. The van der Waals surface area contributed by atoms with Crippen LogP contribution in [-0.4, -0.2) is 30.4 Å². The summed E-state index contributed by atoms with van der Waals surface area (Å²) in [4.78, 5) is 0. The van der Waals surface area contributed by atoms with E-state index in [0.29, 0.717) is 5.89 Å². The molecule has 0 aromatic carbocycles. The largest absolute Gasteiger partial charge is 0.408 e. The third-order valence-corrected chi connectivity index (χ3v) is 2.92. The normalized spacial score (nSPS) is 13.9. The molecule has 0 aliphatic carbocycles. The van der Waals surface area contributed by atoms with E-state index in [1.54, 1.807) is 6.92 Å². The first-order chi connectivity index (χ1) is 6.39. The van der Waals surface area contributed by atoms with E-state index >= 15 is 0 Å². The molecule has 8 heteroatoms. The lowest BCUT2D eigenvalue weighted by Gasteiger charge is -2.07. The van der Waals surface area contributed by atoms with Crippen molar-refractivity contribution in [3.05, 3.63) is 5.89 Å². The van der Waals surface area contributed by atoms with Crippen molar-refractivity contribution in [2.75, 3.05) is 11.9 Å². The summed E-state index contributed by atoms with van der Waals surface area (Å²) in [7, 11) is -3.52. The fourth-order valence-electron chi connectivity index (χ4n) is 0.715. The van der Waals surface area contributed by atoms with Gasteiger partial charge in [0, 0.05) is 13.5 Å². The van der Waals surface area contributed by atoms with Crippen LogP contribution < -0.4 is 10.5 Å². The molecule has 0 aliphatic heterocycles. The first-order valence-corrected chi connectivity index (χ1v) is 5.56. The predicted octanol–water partition coefficient (Wildman–Crippen LogP) is -0.533. The number of aryl methyl sites for hydroxylation is 1. The fourth-order valence-corrected chi connectivity index (χ4v) is 1.03. The average molecular weight is 220 g/mol. The molecule has 1 aromatic rings. The molecule has 7 nitrogen and oxygen atoms in total. The first-order valence-electron chi connectivity index (χ1n) is 3.95. The Morgan fingerprint density at radius 3 is 2.64 bits per heavy atom. The van der Waals surface area contributed by atoms with Crippen molar-refractivity contribution >= 4 is 16.0 Å². The van der Waals surface area contributed by atoms with Gasteiger partial charge in [-0.25, -0.2) is 13.6 Å². The van der Waals surface area contributed by atoms with E-state index in [1.165, 1.54) is 6.92 Å². The zero-order valence-corrected chi connectivity index (χ0v) is 8.71. The number of hydrogen-bond acceptors (Lipinski definition) is 6. The van der Waals surface area contributed by atoms with Gasteiger partial charge in [-0.3, -0.25) is 0 Å². The molecule has 0 spiro atoms. The summed E-state index contributed by atoms with van der Waals surface area (Å²) in [6.07, 6.45) is 0. The Morgan fingerprint density at radius 2 is 2.21 bits per heavy atom. The van der Waals surface area contributed by atoms with Crippen LogP contribution in [0.5, 0.6) is 0 Å². The summed E-state index contributed by atoms with van der Waals surface area (Å²) < 4.78 is 26.6. The Bertz CT molecular complexity index is 399. The Morgan fingerprint density at radius 1 is 1.57 bits per heavy atom. The molecule has 3 N–H and O–H groups in total.